The van der Waals surface area contributed by atoms with Crippen LogP contribution in [0, 0.1) is 5.82 Å². The Morgan fingerprint density at radius 1 is 0.977 bits per heavy atom. The van der Waals surface area contributed by atoms with E-state index >= 15 is 0 Å². The van der Waals surface area contributed by atoms with E-state index < -0.39 is 5.82 Å². The fourth-order valence-electron chi connectivity index (χ4n) is 6.91. The fourth-order valence-corrected chi connectivity index (χ4v) is 7.09. The molecular weight excluding hydrogens is 563 g/mol. The van der Waals surface area contributed by atoms with Crippen LogP contribution in [0.1, 0.15) is 58.0 Å². The molecule has 2 fully saturated rings. The second kappa shape index (κ2) is 13.0. The van der Waals surface area contributed by atoms with Crippen molar-refractivity contribution in [3.05, 3.63) is 106 Å². The van der Waals surface area contributed by atoms with Crippen molar-refractivity contribution in [3.63, 3.8) is 0 Å². The molecule has 3 aromatic carbocycles. The smallest absolute Gasteiger partial charge is 0.253 e. The zero-order chi connectivity index (χ0) is 29.9. The predicted molar refractivity (Wildman–Crippen MR) is 169 cm³/mol. The number of aryl methyl sites for hydroxylation is 2. The van der Waals surface area contributed by atoms with Crippen LogP contribution in [0.2, 0.25) is 5.02 Å². The van der Waals surface area contributed by atoms with E-state index in [1.54, 1.807) is 0 Å². The van der Waals surface area contributed by atoms with Crippen LogP contribution < -0.4 is 5.32 Å². The zero-order valence-corrected chi connectivity index (χ0v) is 25.3. The van der Waals surface area contributed by atoms with Crippen molar-refractivity contribution in [2.45, 2.75) is 57.8 Å². The van der Waals surface area contributed by atoms with Gasteiger partial charge in [0.2, 0.25) is 0 Å². The first-order valence-electron chi connectivity index (χ1n) is 15.3. The first kappa shape index (κ1) is 29.5. The number of halogens is 2. The van der Waals surface area contributed by atoms with Gasteiger partial charge in [-0.15, -0.1) is 0 Å². The number of rotatable bonds is 11. The maximum Gasteiger partial charge on any atom is 0.253 e. The van der Waals surface area contributed by atoms with E-state index in [1.165, 1.54) is 23.8 Å². The number of nitrogens with zero attached hydrogens (tertiary/aromatic N) is 3. The number of likely N-dealkylation sites (tertiary alicyclic amines) is 1. The van der Waals surface area contributed by atoms with Gasteiger partial charge in [0.25, 0.3) is 5.91 Å². The molecule has 2 bridgehead atoms. The summed E-state index contributed by atoms with van der Waals surface area (Å²) in [6, 6.07) is 21.3. The molecule has 0 radical (unpaired) electrons. The summed E-state index contributed by atoms with van der Waals surface area (Å²) in [7, 11) is 0. The quantitative estimate of drug-likeness (QED) is 0.204. The van der Waals surface area contributed by atoms with Crippen molar-refractivity contribution in [2.24, 2.45) is 0 Å². The van der Waals surface area contributed by atoms with Crippen LogP contribution >= 0.6 is 11.6 Å². The Bertz CT molecular complexity index is 1610. The molecule has 0 aliphatic carbocycles. The predicted octanol–water partition coefficient (Wildman–Crippen LogP) is 6.35. The normalized spacial score (nSPS) is 18.8. The Balaban J connectivity index is 1.09. The third kappa shape index (κ3) is 6.40. The Morgan fingerprint density at radius 3 is 2.47 bits per heavy atom. The third-order valence-corrected chi connectivity index (χ3v) is 9.33. The summed E-state index contributed by atoms with van der Waals surface area (Å²) in [5.74, 6) is -0.580. The number of aromatic nitrogens is 1. The van der Waals surface area contributed by atoms with Crippen molar-refractivity contribution in [3.8, 4) is 0 Å². The summed E-state index contributed by atoms with van der Waals surface area (Å²) >= 11 is 5.90. The molecule has 6 rings (SSSR count). The topological polar surface area (TPSA) is 57.6 Å². The van der Waals surface area contributed by atoms with Crippen LogP contribution in [-0.4, -0.2) is 64.3 Å². The van der Waals surface area contributed by atoms with Crippen LogP contribution in [0.4, 0.5) is 4.39 Å². The first-order valence-corrected chi connectivity index (χ1v) is 15.7. The molecule has 0 spiro atoms. The van der Waals surface area contributed by atoms with Gasteiger partial charge in [0, 0.05) is 62.0 Å². The number of hydrogen-bond acceptors (Lipinski definition) is 4. The molecule has 1 amide bonds. The van der Waals surface area contributed by atoms with Gasteiger partial charge < -0.3 is 9.88 Å². The molecule has 1 N–H and O–H groups in total. The molecule has 0 saturated carbocycles. The number of ketones is 1. The van der Waals surface area contributed by atoms with Crippen LogP contribution in [0.15, 0.2) is 72.9 Å². The minimum Gasteiger partial charge on any atom is -0.348 e. The van der Waals surface area contributed by atoms with Gasteiger partial charge in [-0.05, 0) is 55.0 Å². The van der Waals surface area contributed by atoms with Crippen molar-refractivity contribution in [2.75, 3.05) is 26.2 Å². The maximum atomic E-state index is 13.5. The van der Waals surface area contributed by atoms with Gasteiger partial charge in [0.05, 0.1) is 22.6 Å². The molecule has 3 heterocycles. The number of benzene rings is 3. The standard InChI is InChI=1S/C35H38ClFN4O2/c1-2-25-10-6-11-29-30(35(43)38-19-24-8-4-3-5-9-24)22-40(34(25)29)16-7-17-41-27-13-14-28(41)21-39(20-27)23-33(42)26-12-15-32(37)31(36)18-26/h3-6,8-12,15,18,22,27-28H,2,7,13-14,16-17,19-21,23H2,1H3,(H,38,43). The van der Waals surface area contributed by atoms with Crippen LogP contribution in [0.5, 0.6) is 0 Å². The molecular formula is C35H38ClFN4O2. The Hall–Kier alpha value is -3.52. The minimum atomic E-state index is -0.508. The highest BCUT2D eigenvalue weighted by atomic mass is 35.5. The van der Waals surface area contributed by atoms with Crippen molar-refractivity contribution >= 4 is 34.2 Å². The first-order chi connectivity index (χ1) is 20.9. The molecule has 2 aliphatic rings. The van der Waals surface area contributed by atoms with Crippen LogP contribution in [-0.2, 0) is 19.5 Å². The SMILES string of the molecule is CCc1cccc2c(C(=O)NCc3ccccc3)cn(CCCN3C4CCC3CN(CC(=O)c3ccc(F)c(Cl)c3)C4)c12. The van der Waals surface area contributed by atoms with Crippen LogP contribution in [0.3, 0.4) is 0 Å². The summed E-state index contributed by atoms with van der Waals surface area (Å²) in [5, 5.41) is 4.10. The number of piperazine rings is 1. The Labute approximate surface area is 257 Å². The minimum absolute atomic E-state index is 0.0165. The van der Waals surface area contributed by atoms with E-state index in [1.807, 2.05) is 42.6 Å². The Morgan fingerprint density at radius 2 is 1.74 bits per heavy atom. The number of carbonyl (C=O) groups excluding carboxylic acids is 2. The molecule has 8 heteroatoms. The van der Waals surface area contributed by atoms with Crippen LogP contribution in [0.25, 0.3) is 10.9 Å². The second-order valence-corrected chi connectivity index (χ2v) is 12.2. The highest BCUT2D eigenvalue weighted by Gasteiger charge is 2.39. The van der Waals surface area contributed by atoms with Crippen molar-refractivity contribution in [1.82, 2.24) is 19.7 Å². The summed E-state index contributed by atoms with van der Waals surface area (Å²) in [4.78, 5) is 31.0. The highest BCUT2D eigenvalue weighted by molar-refractivity contribution is 6.31. The van der Waals surface area contributed by atoms with Gasteiger partial charge in [-0.1, -0.05) is 67.1 Å². The lowest BCUT2D eigenvalue weighted by Crippen LogP contribution is -2.54. The van der Waals surface area contributed by atoms with Gasteiger partial charge in [-0.3, -0.25) is 19.4 Å². The lowest BCUT2D eigenvalue weighted by molar-refractivity contribution is 0.0588. The van der Waals surface area contributed by atoms with Gasteiger partial charge in [0.15, 0.2) is 5.78 Å². The Kier molecular flexibility index (Phi) is 8.93. The van der Waals surface area contributed by atoms with Gasteiger partial charge in [-0.25, -0.2) is 4.39 Å². The average Bonchev–Trinajstić information content (AvgIpc) is 3.51. The molecule has 1 aromatic heterocycles. The number of hydrogen-bond donors (Lipinski definition) is 1. The van der Waals surface area contributed by atoms with E-state index in [9.17, 15) is 14.0 Å². The fraction of sp³-hybridized carbons (Fsp3) is 0.371. The molecule has 4 aromatic rings. The van der Waals surface area contributed by atoms with E-state index in [0.29, 0.717) is 30.7 Å². The number of carbonyl (C=O) groups is 2. The second-order valence-electron chi connectivity index (χ2n) is 11.8. The van der Waals surface area contributed by atoms with Crippen molar-refractivity contribution < 1.29 is 14.0 Å². The molecule has 6 nitrogen and oxygen atoms in total. The molecule has 2 saturated heterocycles. The number of Topliss-reactive ketones (excluding diaryl/α,β-unsaturated/α-hetero) is 1. The maximum absolute atomic E-state index is 13.5. The van der Waals surface area contributed by atoms with E-state index in [-0.39, 0.29) is 16.7 Å². The van der Waals surface area contributed by atoms with E-state index in [2.05, 4.69) is 38.7 Å². The number of fused-ring (bicyclic) bond motifs is 3. The number of para-hydroxylation sites is 1. The lowest BCUT2D eigenvalue weighted by Gasteiger charge is -2.41. The largest absolute Gasteiger partial charge is 0.348 e. The number of nitrogens with one attached hydrogen (secondary N) is 1. The summed E-state index contributed by atoms with van der Waals surface area (Å²) in [5.41, 5.74) is 4.66. The lowest BCUT2D eigenvalue weighted by atomic mass is 10.1. The zero-order valence-electron chi connectivity index (χ0n) is 24.6. The van der Waals surface area contributed by atoms with Gasteiger partial charge in [-0.2, -0.15) is 0 Å². The van der Waals surface area contributed by atoms with Gasteiger partial charge in [0.1, 0.15) is 5.82 Å². The summed E-state index contributed by atoms with van der Waals surface area (Å²) in [6.45, 7) is 6.51. The molecule has 224 valence electrons. The van der Waals surface area contributed by atoms with E-state index in [4.69, 9.17) is 11.6 Å². The summed E-state index contributed by atoms with van der Waals surface area (Å²) < 4.78 is 15.8. The average molecular weight is 601 g/mol. The monoisotopic (exact) mass is 600 g/mol. The third-order valence-electron chi connectivity index (χ3n) is 9.04. The molecule has 2 atom stereocenters. The van der Waals surface area contributed by atoms with E-state index in [0.717, 1.165) is 73.9 Å². The summed E-state index contributed by atoms with van der Waals surface area (Å²) in [6.07, 6.45) is 6.18. The highest BCUT2D eigenvalue weighted by Crippen LogP contribution is 2.31. The van der Waals surface area contributed by atoms with Crippen molar-refractivity contribution in [1.29, 1.82) is 0 Å². The van der Waals surface area contributed by atoms with Gasteiger partial charge >= 0.3 is 0 Å². The molecule has 43 heavy (non-hydrogen) atoms. The molecule has 2 aliphatic heterocycles. The molecule has 2 unspecified atom stereocenters. The number of amides is 1.